The lowest BCUT2D eigenvalue weighted by molar-refractivity contribution is -0.158. The third-order valence-electron chi connectivity index (χ3n) is 4.73. The summed E-state index contributed by atoms with van der Waals surface area (Å²) >= 11 is 0. The van der Waals surface area contributed by atoms with Crippen LogP contribution in [-0.4, -0.2) is 36.2 Å². The van der Waals surface area contributed by atoms with Crippen molar-refractivity contribution in [2.45, 2.75) is 44.8 Å². The molecule has 0 aromatic heterocycles. The summed E-state index contributed by atoms with van der Waals surface area (Å²) in [6.45, 7) is 5.18. The van der Waals surface area contributed by atoms with Gasteiger partial charge in [-0.2, -0.15) is 0 Å². The van der Waals surface area contributed by atoms with Gasteiger partial charge >= 0.3 is 12.1 Å². The van der Waals surface area contributed by atoms with Crippen LogP contribution in [0.4, 0.5) is 4.79 Å². The van der Waals surface area contributed by atoms with Crippen molar-refractivity contribution in [1.29, 1.82) is 0 Å². The number of carbonyl (C=O) groups is 3. The third-order valence-corrected chi connectivity index (χ3v) is 4.73. The molecule has 1 aliphatic rings. The number of ether oxygens (including phenoxy) is 2. The van der Waals surface area contributed by atoms with E-state index in [-0.39, 0.29) is 18.9 Å². The van der Waals surface area contributed by atoms with Crippen LogP contribution >= 0.6 is 0 Å². The van der Waals surface area contributed by atoms with Crippen LogP contribution in [0.3, 0.4) is 0 Å². The fraction of sp³-hybridized carbons (Fsp3) is 0.348. The fourth-order valence-corrected chi connectivity index (χ4v) is 3.55. The van der Waals surface area contributed by atoms with Gasteiger partial charge < -0.3 is 20.5 Å². The smallest absolute Gasteiger partial charge is 0.407 e. The molecule has 0 radical (unpaired) electrons. The Kier molecular flexibility index (Phi) is 6.10. The highest BCUT2D eigenvalue weighted by Gasteiger charge is 2.31. The van der Waals surface area contributed by atoms with Gasteiger partial charge in [-0.1, -0.05) is 48.5 Å². The minimum atomic E-state index is -1.21. The summed E-state index contributed by atoms with van der Waals surface area (Å²) in [4.78, 5) is 36.0. The average Bonchev–Trinajstić information content (AvgIpc) is 2.98. The first-order valence-electron chi connectivity index (χ1n) is 9.78. The maximum Gasteiger partial charge on any atom is 0.407 e. The molecule has 7 nitrogen and oxygen atoms in total. The molecule has 1 atom stereocenters. The van der Waals surface area contributed by atoms with Crippen molar-refractivity contribution >= 4 is 18.0 Å². The van der Waals surface area contributed by atoms with Gasteiger partial charge in [-0.3, -0.25) is 4.79 Å². The number of benzene rings is 2. The lowest BCUT2D eigenvalue weighted by atomic mass is 9.98. The van der Waals surface area contributed by atoms with Crippen molar-refractivity contribution in [3.63, 3.8) is 0 Å². The Labute approximate surface area is 175 Å². The third kappa shape index (κ3) is 4.97. The molecule has 0 bridgehead atoms. The summed E-state index contributed by atoms with van der Waals surface area (Å²) in [6, 6.07) is 14.7. The molecule has 1 unspecified atom stereocenters. The quantitative estimate of drug-likeness (QED) is 0.712. The van der Waals surface area contributed by atoms with Gasteiger partial charge in [0, 0.05) is 5.92 Å². The van der Waals surface area contributed by atoms with E-state index in [0.717, 1.165) is 22.3 Å². The number of primary amides is 1. The molecule has 7 heteroatoms. The van der Waals surface area contributed by atoms with Crippen LogP contribution in [0, 0.1) is 0 Å². The molecule has 0 saturated carbocycles. The van der Waals surface area contributed by atoms with Crippen molar-refractivity contribution in [2.75, 3.05) is 6.61 Å². The van der Waals surface area contributed by atoms with Gasteiger partial charge in [0.1, 0.15) is 18.2 Å². The van der Waals surface area contributed by atoms with Gasteiger partial charge in [-0.25, -0.2) is 9.59 Å². The van der Waals surface area contributed by atoms with Crippen molar-refractivity contribution in [2.24, 2.45) is 5.73 Å². The van der Waals surface area contributed by atoms with E-state index < -0.39 is 29.6 Å². The number of nitrogens with one attached hydrogen (secondary N) is 1. The Morgan fingerprint density at radius 2 is 1.53 bits per heavy atom. The Bertz CT molecular complexity index is 919. The number of esters is 1. The van der Waals surface area contributed by atoms with Crippen LogP contribution in [0.2, 0.25) is 0 Å². The van der Waals surface area contributed by atoms with Gasteiger partial charge in [0.2, 0.25) is 5.91 Å². The van der Waals surface area contributed by atoms with Gasteiger partial charge in [0.25, 0.3) is 0 Å². The molecule has 0 aliphatic heterocycles. The molecule has 0 saturated heterocycles. The molecular weight excluding hydrogens is 384 g/mol. The average molecular weight is 410 g/mol. The van der Waals surface area contributed by atoms with Crippen LogP contribution in [0.15, 0.2) is 48.5 Å². The van der Waals surface area contributed by atoms with E-state index >= 15 is 0 Å². The predicted octanol–water partition coefficient (Wildman–Crippen LogP) is 3.11. The number of amides is 2. The van der Waals surface area contributed by atoms with Crippen LogP contribution < -0.4 is 11.1 Å². The Morgan fingerprint density at radius 3 is 2.03 bits per heavy atom. The first-order chi connectivity index (χ1) is 14.2. The standard InChI is InChI=1S/C23H26N2O5/c1-23(2,3)30-21(27)19(12-20(24)26)25-22(28)29-13-18-16-10-6-4-8-14(16)15-9-5-7-11-17(15)18/h4-11,18-19H,12-13H2,1-3H3,(H2,24,26)(H,25,28). The van der Waals surface area contributed by atoms with Crippen LogP contribution in [-0.2, 0) is 19.1 Å². The normalized spacial score (nSPS) is 13.7. The van der Waals surface area contributed by atoms with Crippen LogP contribution in [0.25, 0.3) is 11.1 Å². The molecule has 2 aromatic rings. The van der Waals surface area contributed by atoms with E-state index in [4.69, 9.17) is 15.2 Å². The number of rotatable bonds is 6. The molecule has 0 heterocycles. The number of carbonyl (C=O) groups excluding carboxylic acids is 3. The molecule has 3 rings (SSSR count). The van der Waals surface area contributed by atoms with Crippen LogP contribution in [0.1, 0.15) is 44.2 Å². The van der Waals surface area contributed by atoms with Gasteiger partial charge in [-0.15, -0.1) is 0 Å². The fourth-order valence-electron chi connectivity index (χ4n) is 3.55. The number of nitrogens with two attached hydrogens (primary N) is 1. The molecule has 0 spiro atoms. The Balaban J connectivity index is 1.68. The maximum atomic E-state index is 12.4. The molecule has 2 aromatic carbocycles. The largest absolute Gasteiger partial charge is 0.458 e. The zero-order valence-corrected chi connectivity index (χ0v) is 17.3. The van der Waals surface area contributed by atoms with Gasteiger partial charge in [0.05, 0.1) is 6.42 Å². The van der Waals surface area contributed by atoms with E-state index in [1.165, 1.54) is 0 Å². The van der Waals surface area contributed by atoms with Crippen molar-refractivity contribution < 1.29 is 23.9 Å². The number of hydrogen-bond acceptors (Lipinski definition) is 5. The number of alkyl carbamates (subject to hydrolysis) is 1. The highest BCUT2D eigenvalue weighted by Crippen LogP contribution is 2.44. The molecule has 30 heavy (non-hydrogen) atoms. The van der Waals surface area contributed by atoms with Crippen LogP contribution in [0.5, 0.6) is 0 Å². The first-order valence-corrected chi connectivity index (χ1v) is 9.78. The predicted molar refractivity (Wildman–Crippen MR) is 112 cm³/mol. The number of fused-ring (bicyclic) bond motifs is 3. The summed E-state index contributed by atoms with van der Waals surface area (Å²) in [7, 11) is 0. The summed E-state index contributed by atoms with van der Waals surface area (Å²) in [5, 5.41) is 2.41. The molecule has 158 valence electrons. The lowest BCUT2D eigenvalue weighted by Gasteiger charge is -2.24. The maximum absolute atomic E-state index is 12.4. The minimum Gasteiger partial charge on any atom is -0.458 e. The SMILES string of the molecule is CC(C)(C)OC(=O)C(CC(N)=O)NC(=O)OCC1c2ccccc2-c2ccccc21. The second-order valence-electron chi connectivity index (χ2n) is 8.23. The molecule has 0 fully saturated rings. The molecule has 3 N–H and O–H groups in total. The van der Waals surface area contributed by atoms with Crippen molar-refractivity contribution in [3.8, 4) is 11.1 Å². The zero-order chi connectivity index (χ0) is 21.9. The Morgan fingerprint density at radius 1 is 1.00 bits per heavy atom. The highest BCUT2D eigenvalue weighted by molar-refractivity contribution is 5.87. The van der Waals surface area contributed by atoms with Gasteiger partial charge in [0.15, 0.2) is 0 Å². The monoisotopic (exact) mass is 410 g/mol. The summed E-state index contributed by atoms with van der Waals surface area (Å²) in [5.74, 6) is -1.58. The van der Waals surface area contributed by atoms with E-state index in [1.54, 1.807) is 20.8 Å². The second kappa shape index (κ2) is 8.57. The van der Waals surface area contributed by atoms with E-state index in [1.807, 2.05) is 48.5 Å². The van der Waals surface area contributed by atoms with E-state index in [0.29, 0.717) is 0 Å². The summed E-state index contributed by atoms with van der Waals surface area (Å²) in [6.07, 6.45) is -1.19. The lowest BCUT2D eigenvalue weighted by Crippen LogP contribution is -2.46. The summed E-state index contributed by atoms with van der Waals surface area (Å²) in [5.41, 5.74) is 8.82. The van der Waals surface area contributed by atoms with Crippen molar-refractivity contribution in [3.05, 3.63) is 59.7 Å². The van der Waals surface area contributed by atoms with E-state index in [2.05, 4.69) is 5.32 Å². The first kappa shape index (κ1) is 21.4. The zero-order valence-electron chi connectivity index (χ0n) is 17.3. The summed E-state index contributed by atoms with van der Waals surface area (Å²) < 4.78 is 10.7. The second-order valence-corrected chi connectivity index (χ2v) is 8.23. The molecule has 2 amide bonds. The molecule has 1 aliphatic carbocycles. The topological polar surface area (TPSA) is 108 Å². The van der Waals surface area contributed by atoms with E-state index in [9.17, 15) is 14.4 Å². The number of hydrogen-bond donors (Lipinski definition) is 2. The highest BCUT2D eigenvalue weighted by atomic mass is 16.6. The molecular formula is C23H26N2O5. The van der Waals surface area contributed by atoms with Gasteiger partial charge in [-0.05, 0) is 43.0 Å². The minimum absolute atomic E-state index is 0.0947. The van der Waals surface area contributed by atoms with Crippen molar-refractivity contribution in [1.82, 2.24) is 5.32 Å². The Hall–Kier alpha value is -3.35.